The monoisotopic (exact) mass is 478 g/mol. The van der Waals surface area contributed by atoms with Gasteiger partial charge in [-0.2, -0.15) is 0 Å². The van der Waals surface area contributed by atoms with Gasteiger partial charge in [-0.15, -0.1) is 0 Å². The van der Waals surface area contributed by atoms with E-state index in [-0.39, 0.29) is 41.7 Å². The molecule has 8 heteroatoms. The molecule has 1 aromatic carbocycles. The summed E-state index contributed by atoms with van der Waals surface area (Å²) in [5, 5.41) is 0. The van der Waals surface area contributed by atoms with Crippen molar-refractivity contribution in [2.24, 2.45) is 11.8 Å². The second-order valence-corrected chi connectivity index (χ2v) is 8.87. The molecule has 4 atom stereocenters. The fourth-order valence-electron chi connectivity index (χ4n) is 5.13. The molecule has 7 nitrogen and oxygen atoms in total. The lowest BCUT2D eigenvalue weighted by molar-refractivity contribution is -0.146. The highest BCUT2D eigenvalue weighted by Crippen LogP contribution is 2.56. The highest BCUT2D eigenvalue weighted by molar-refractivity contribution is 5.70. The van der Waals surface area contributed by atoms with Gasteiger partial charge in [0.2, 0.25) is 0 Å². The maximum atomic E-state index is 13.6. The van der Waals surface area contributed by atoms with E-state index in [1.807, 2.05) is 12.1 Å². The molecule has 0 N–H and O–H groups in total. The molecule has 1 saturated carbocycles. The van der Waals surface area contributed by atoms with Crippen LogP contribution in [0.4, 0.5) is 4.39 Å². The van der Waals surface area contributed by atoms with E-state index in [9.17, 15) is 14.0 Å². The number of halogens is 1. The molecule has 3 rings (SSSR count). The number of hydrogen-bond donors (Lipinski definition) is 0. The number of hydrogen-bond acceptors (Lipinski definition) is 7. The first kappa shape index (κ1) is 26.3. The lowest BCUT2D eigenvalue weighted by Crippen LogP contribution is -2.41. The van der Waals surface area contributed by atoms with Gasteiger partial charge in [-0.25, -0.2) is 9.18 Å². The van der Waals surface area contributed by atoms with Gasteiger partial charge in [0, 0.05) is 17.8 Å². The molecule has 2 aliphatic rings. The molecular formula is C26H35FO7. The van der Waals surface area contributed by atoms with Crippen molar-refractivity contribution < 1.29 is 37.7 Å². The SMILES string of the molecule is COC(=O)CCCC=CC[C@H]1[C@H](COCCOCC(=O)OC)[C@@H]2C[C@@]1(c1ccc(F)cc1)CO2. The summed E-state index contributed by atoms with van der Waals surface area (Å²) in [6.45, 7) is 1.73. The van der Waals surface area contributed by atoms with Crippen molar-refractivity contribution in [1.29, 1.82) is 0 Å². The minimum absolute atomic E-state index is 0.0822. The number of fused-ring (bicyclic) bond motifs is 2. The first-order valence-electron chi connectivity index (χ1n) is 11.8. The smallest absolute Gasteiger partial charge is 0.331 e. The number of esters is 2. The summed E-state index contributed by atoms with van der Waals surface area (Å²) in [6.07, 6.45) is 8.08. The highest BCUT2D eigenvalue weighted by Gasteiger charge is 2.59. The van der Waals surface area contributed by atoms with Crippen molar-refractivity contribution in [3.05, 3.63) is 47.8 Å². The zero-order chi connectivity index (χ0) is 24.4. The molecular weight excluding hydrogens is 443 g/mol. The molecule has 0 amide bonds. The molecule has 0 aromatic heterocycles. The maximum Gasteiger partial charge on any atom is 0.331 e. The Morgan fingerprint density at radius 2 is 1.82 bits per heavy atom. The fraction of sp³-hybridized carbons (Fsp3) is 0.615. The molecule has 1 saturated heterocycles. The summed E-state index contributed by atoms with van der Waals surface area (Å²) in [7, 11) is 2.72. The van der Waals surface area contributed by atoms with E-state index < -0.39 is 5.97 Å². The quantitative estimate of drug-likeness (QED) is 0.230. The van der Waals surface area contributed by atoms with Gasteiger partial charge in [-0.1, -0.05) is 24.3 Å². The van der Waals surface area contributed by atoms with Gasteiger partial charge < -0.3 is 23.7 Å². The van der Waals surface area contributed by atoms with Crippen LogP contribution in [-0.4, -0.2) is 65.3 Å². The van der Waals surface area contributed by atoms with Crippen LogP contribution in [0.5, 0.6) is 0 Å². The number of benzene rings is 1. The Labute approximate surface area is 200 Å². The van der Waals surface area contributed by atoms with E-state index in [1.165, 1.54) is 26.4 Å². The van der Waals surface area contributed by atoms with Crippen molar-refractivity contribution in [3.8, 4) is 0 Å². The standard InChI is InChI=1S/C26H35FO7/c1-30-24(28)8-6-4-3-5-7-22-21(16-32-13-14-33-17-25(29)31-2)23-15-26(22,18-34-23)19-9-11-20(27)12-10-19/h3,5,9-12,21-23H,4,6-8,13-18H2,1-2H3/t21-,22-,23-,26-/m0/s1. The molecule has 1 heterocycles. The summed E-state index contributed by atoms with van der Waals surface area (Å²) in [5.74, 6) is -0.381. The number of carbonyl (C=O) groups excluding carboxylic acids is 2. The van der Waals surface area contributed by atoms with Crippen LogP contribution in [-0.2, 0) is 38.7 Å². The normalized spacial score (nSPS) is 25.7. The zero-order valence-corrected chi connectivity index (χ0v) is 20.0. The van der Waals surface area contributed by atoms with E-state index in [2.05, 4.69) is 21.6 Å². The molecule has 1 aliphatic carbocycles. The van der Waals surface area contributed by atoms with E-state index in [1.54, 1.807) is 0 Å². The molecule has 2 fully saturated rings. The molecule has 34 heavy (non-hydrogen) atoms. The Kier molecular flexibility index (Phi) is 10.0. The number of carbonyl (C=O) groups is 2. The molecule has 2 bridgehead atoms. The minimum Gasteiger partial charge on any atom is -0.469 e. The minimum atomic E-state index is -0.416. The third kappa shape index (κ3) is 6.64. The maximum absolute atomic E-state index is 13.6. The second kappa shape index (κ2) is 13.0. The third-order valence-corrected chi connectivity index (χ3v) is 6.91. The van der Waals surface area contributed by atoms with E-state index >= 15 is 0 Å². The van der Waals surface area contributed by atoms with Crippen molar-refractivity contribution in [2.75, 3.05) is 47.3 Å². The first-order chi connectivity index (χ1) is 16.5. The lowest BCUT2D eigenvalue weighted by Gasteiger charge is -2.39. The Morgan fingerprint density at radius 1 is 1.09 bits per heavy atom. The van der Waals surface area contributed by atoms with Crippen LogP contribution in [0.15, 0.2) is 36.4 Å². The summed E-state index contributed by atoms with van der Waals surface area (Å²) < 4.78 is 40.1. The van der Waals surface area contributed by atoms with Crippen LogP contribution in [0.2, 0.25) is 0 Å². The lowest BCUT2D eigenvalue weighted by atomic mass is 9.69. The van der Waals surface area contributed by atoms with Crippen molar-refractivity contribution in [3.63, 3.8) is 0 Å². The first-order valence-corrected chi connectivity index (χ1v) is 11.8. The van der Waals surface area contributed by atoms with E-state index in [0.29, 0.717) is 32.8 Å². The molecule has 1 aliphatic heterocycles. The Balaban J connectivity index is 1.60. The Morgan fingerprint density at radius 3 is 2.56 bits per heavy atom. The van der Waals surface area contributed by atoms with E-state index in [4.69, 9.17) is 14.2 Å². The van der Waals surface area contributed by atoms with Gasteiger partial charge in [-0.3, -0.25) is 4.79 Å². The Bertz CT molecular complexity index is 825. The number of allylic oxidation sites excluding steroid dienone is 2. The second-order valence-electron chi connectivity index (χ2n) is 8.87. The van der Waals surface area contributed by atoms with Crippen molar-refractivity contribution in [2.45, 2.75) is 43.6 Å². The van der Waals surface area contributed by atoms with Crippen molar-refractivity contribution >= 4 is 11.9 Å². The average Bonchev–Trinajstić information content (AvgIpc) is 3.41. The average molecular weight is 479 g/mol. The third-order valence-electron chi connectivity index (χ3n) is 6.91. The van der Waals surface area contributed by atoms with Gasteiger partial charge in [-0.05, 0) is 49.3 Å². The zero-order valence-electron chi connectivity index (χ0n) is 20.0. The van der Waals surface area contributed by atoms with Gasteiger partial charge in [0.15, 0.2) is 0 Å². The van der Waals surface area contributed by atoms with Crippen molar-refractivity contribution in [1.82, 2.24) is 0 Å². The Hall–Kier alpha value is -2.29. The summed E-state index contributed by atoms with van der Waals surface area (Å²) >= 11 is 0. The van der Waals surface area contributed by atoms with E-state index in [0.717, 1.165) is 31.2 Å². The molecule has 1 aromatic rings. The largest absolute Gasteiger partial charge is 0.469 e. The van der Waals surface area contributed by atoms with Crippen LogP contribution in [0, 0.1) is 17.7 Å². The van der Waals surface area contributed by atoms with Gasteiger partial charge >= 0.3 is 11.9 Å². The molecule has 0 radical (unpaired) electrons. The highest BCUT2D eigenvalue weighted by atomic mass is 19.1. The van der Waals surface area contributed by atoms with Crippen LogP contribution < -0.4 is 0 Å². The molecule has 0 unspecified atom stereocenters. The van der Waals surface area contributed by atoms with Crippen LogP contribution >= 0.6 is 0 Å². The summed E-state index contributed by atoms with van der Waals surface area (Å²) in [4.78, 5) is 22.4. The number of methoxy groups -OCH3 is 2. The number of ether oxygens (including phenoxy) is 5. The predicted molar refractivity (Wildman–Crippen MR) is 123 cm³/mol. The molecule has 188 valence electrons. The van der Waals surface area contributed by atoms with Gasteiger partial charge in [0.05, 0.1) is 46.8 Å². The summed E-state index contributed by atoms with van der Waals surface area (Å²) in [5.41, 5.74) is 0.925. The molecule has 0 spiro atoms. The number of rotatable bonds is 14. The predicted octanol–water partition coefficient (Wildman–Crippen LogP) is 3.59. The number of unbranched alkanes of at least 4 members (excludes halogenated alkanes) is 1. The topological polar surface area (TPSA) is 80.3 Å². The van der Waals surface area contributed by atoms with Crippen LogP contribution in [0.25, 0.3) is 0 Å². The van der Waals surface area contributed by atoms with Crippen LogP contribution in [0.1, 0.15) is 37.7 Å². The van der Waals surface area contributed by atoms with Gasteiger partial charge in [0.1, 0.15) is 12.4 Å². The van der Waals surface area contributed by atoms with Gasteiger partial charge in [0.25, 0.3) is 0 Å². The van der Waals surface area contributed by atoms with Crippen LogP contribution in [0.3, 0.4) is 0 Å². The summed E-state index contributed by atoms with van der Waals surface area (Å²) in [6, 6.07) is 6.77. The fourth-order valence-corrected chi connectivity index (χ4v) is 5.13.